The molecule has 2 unspecified atom stereocenters. The fraction of sp³-hybridized carbons (Fsp3) is 0.353. The van der Waals surface area contributed by atoms with E-state index in [4.69, 9.17) is 10.5 Å². The maximum Gasteiger partial charge on any atom is 0.414 e. The average molecular weight is 407 g/mol. The molecule has 0 radical (unpaired) electrons. The van der Waals surface area contributed by atoms with E-state index in [-0.39, 0.29) is 24.5 Å². The molecule has 0 aliphatic carbocycles. The zero-order valence-electron chi connectivity index (χ0n) is 14.7. The van der Waals surface area contributed by atoms with Gasteiger partial charge in [0.15, 0.2) is 15.9 Å². The molecule has 3 heterocycles. The molecule has 1 fully saturated rings. The molecule has 2 aromatic rings. The molecule has 2 N–H and O–H groups in total. The van der Waals surface area contributed by atoms with Crippen LogP contribution in [0.2, 0.25) is 0 Å². The standard InChI is InChI=1S/C17H18FN5O4S/c18-14-9-12(1-2-13(14)11-3-7-28(25,26)8-4-11)22-10-15(27-17(22)24)16(19)23-6-5-20-21-23/h1-3,5-6,9,15-16H,4,7-8,10,19H2. The monoisotopic (exact) mass is 407 g/mol. The van der Waals surface area contributed by atoms with Crippen molar-refractivity contribution in [2.24, 2.45) is 5.73 Å². The van der Waals surface area contributed by atoms with Gasteiger partial charge in [0, 0.05) is 11.8 Å². The van der Waals surface area contributed by atoms with E-state index in [9.17, 15) is 17.6 Å². The molecule has 2 aliphatic heterocycles. The summed E-state index contributed by atoms with van der Waals surface area (Å²) < 4.78 is 44.4. The smallest absolute Gasteiger partial charge is 0.414 e. The molecule has 0 saturated carbocycles. The molecule has 0 bridgehead atoms. The lowest BCUT2D eigenvalue weighted by molar-refractivity contribution is 0.105. The number of hydrogen-bond donors (Lipinski definition) is 1. The first-order valence-corrected chi connectivity index (χ1v) is 10.4. The Labute approximate surface area is 160 Å². The largest absolute Gasteiger partial charge is 0.440 e. The maximum absolute atomic E-state index is 14.7. The Bertz CT molecular complexity index is 1040. The van der Waals surface area contributed by atoms with Crippen molar-refractivity contribution in [1.29, 1.82) is 0 Å². The van der Waals surface area contributed by atoms with Gasteiger partial charge in [-0.3, -0.25) is 4.90 Å². The Morgan fingerprint density at radius 3 is 2.82 bits per heavy atom. The van der Waals surface area contributed by atoms with Crippen LogP contribution in [0, 0.1) is 5.82 Å². The van der Waals surface area contributed by atoms with Crippen molar-refractivity contribution < 1.29 is 22.3 Å². The Balaban J connectivity index is 1.53. The molecular formula is C17H18FN5O4S. The molecule has 1 aromatic carbocycles. The second-order valence-electron chi connectivity index (χ2n) is 6.66. The molecule has 2 aliphatic rings. The van der Waals surface area contributed by atoms with E-state index in [1.807, 2.05) is 0 Å². The number of carbonyl (C=O) groups is 1. The minimum atomic E-state index is -3.09. The van der Waals surface area contributed by atoms with Crippen molar-refractivity contribution in [1.82, 2.24) is 15.0 Å². The van der Waals surface area contributed by atoms with E-state index in [0.717, 1.165) is 0 Å². The number of rotatable bonds is 4. The molecule has 1 saturated heterocycles. The minimum Gasteiger partial charge on any atom is -0.440 e. The molecule has 9 nitrogen and oxygen atoms in total. The van der Waals surface area contributed by atoms with Gasteiger partial charge in [-0.1, -0.05) is 11.3 Å². The number of ether oxygens (including phenoxy) is 1. The number of benzene rings is 1. The molecular weight excluding hydrogens is 389 g/mol. The van der Waals surface area contributed by atoms with Crippen molar-refractivity contribution in [3.8, 4) is 0 Å². The molecule has 11 heteroatoms. The second kappa shape index (κ2) is 6.99. The van der Waals surface area contributed by atoms with Gasteiger partial charge in [-0.15, -0.1) is 5.10 Å². The summed E-state index contributed by atoms with van der Waals surface area (Å²) in [6.07, 6.45) is 2.82. The van der Waals surface area contributed by atoms with Crippen LogP contribution in [0.15, 0.2) is 36.7 Å². The van der Waals surface area contributed by atoms with Crippen molar-refractivity contribution in [3.05, 3.63) is 48.0 Å². The van der Waals surface area contributed by atoms with Gasteiger partial charge in [0.2, 0.25) is 0 Å². The number of nitrogens with zero attached hydrogens (tertiary/aromatic N) is 4. The van der Waals surface area contributed by atoms with Crippen LogP contribution in [0.1, 0.15) is 18.2 Å². The third kappa shape index (κ3) is 3.50. The highest BCUT2D eigenvalue weighted by atomic mass is 32.2. The Morgan fingerprint density at radius 2 is 2.18 bits per heavy atom. The molecule has 2 atom stereocenters. The van der Waals surface area contributed by atoms with Crippen molar-refractivity contribution in [3.63, 3.8) is 0 Å². The Hall–Kier alpha value is -2.79. The van der Waals surface area contributed by atoms with E-state index >= 15 is 0 Å². The highest BCUT2D eigenvalue weighted by Gasteiger charge is 2.37. The highest BCUT2D eigenvalue weighted by molar-refractivity contribution is 7.91. The summed E-state index contributed by atoms with van der Waals surface area (Å²) >= 11 is 0. The summed E-state index contributed by atoms with van der Waals surface area (Å²) in [6, 6.07) is 4.39. The molecule has 1 aromatic heterocycles. The van der Waals surface area contributed by atoms with Gasteiger partial charge in [-0.25, -0.2) is 22.3 Å². The Kier molecular flexibility index (Phi) is 4.63. The van der Waals surface area contributed by atoms with Gasteiger partial charge in [0.05, 0.1) is 29.9 Å². The van der Waals surface area contributed by atoms with E-state index in [0.29, 0.717) is 16.8 Å². The van der Waals surface area contributed by atoms with E-state index in [1.54, 1.807) is 18.3 Å². The van der Waals surface area contributed by atoms with Crippen LogP contribution >= 0.6 is 0 Å². The first-order valence-electron chi connectivity index (χ1n) is 8.63. The van der Waals surface area contributed by atoms with Crippen LogP contribution in [-0.2, 0) is 14.6 Å². The lowest BCUT2D eigenvalue weighted by Gasteiger charge is -2.18. The van der Waals surface area contributed by atoms with Crippen molar-refractivity contribution >= 4 is 27.2 Å². The normalized spacial score (nSPS) is 22.6. The molecule has 1 amide bonds. The number of amides is 1. The summed E-state index contributed by atoms with van der Waals surface area (Å²) in [7, 11) is -3.09. The summed E-state index contributed by atoms with van der Waals surface area (Å²) in [5, 5.41) is 7.47. The summed E-state index contributed by atoms with van der Waals surface area (Å²) in [5.74, 6) is -0.621. The number of carbonyl (C=O) groups excluding carboxylic acids is 1. The minimum absolute atomic E-state index is 0.000327. The van der Waals surface area contributed by atoms with Crippen LogP contribution in [0.25, 0.3) is 5.57 Å². The van der Waals surface area contributed by atoms with E-state index in [2.05, 4.69) is 10.3 Å². The van der Waals surface area contributed by atoms with Crippen molar-refractivity contribution in [2.45, 2.75) is 18.7 Å². The van der Waals surface area contributed by atoms with Crippen LogP contribution in [0.5, 0.6) is 0 Å². The predicted octanol–water partition coefficient (Wildman–Crippen LogP) is 1.10. The number of aromatic nitrogens is 3. The zero-order chi connectivity index (χ0) is 19.9. The van der Waals surface area contributed by atoms with Crippen LogP contribution in [0.3, 0.4) is 0 Å². The molecule has 0 spiro atoms. The fourth-order valence-electron chi connectivity index (χ4n) is 3.28. The first-order chi connectivity index (χ1) is 13.3. The van der Waals surface area contributed by atoms with Gasteiger partial charge >= 0.3 is 6.09 Å². The van der Waals surface area contributed by atoms with Crippen LogP contribution < -0.4 is 10.6 Å². The number of nitrogens with two attached hydrogens (primary N) is 1. The first kappa shape index (κ1) is 18.6. The highest BCUT2D eigenvalue weighted by Crippen LogP contribution is 2.31. The third-order valence-electron chi connectivity index (χ3n) is 4.84. The summed E-state index contributed by atoms with van der Waals surface area (Å²) in [4.78, 5) is 13.5. The van der Waals surface area contributed by atoms with E-state index in [1.165, 1.54) is 27.9 Å². The van der Waals surface area contributed by atoms with Gasteiger partial charge in [-0.2, -0.15) is 0 Å². The van der Waals surface area contributed by atoms with E-state index < -0.39 is 34.0 Å². The zero-order valence-corrected chi connectivity index (χ0v) is 15.5. The number of sulfone groups is 1. The fourth-order valence-corrected chi connectivity index (χ4v) is 4.43. The summed E-state index contributed by atoms with van der Waals surface area (Å²) in [5.41, 5.74) is 7.37. The lowest BCUT2D eigenvalue weighted by Crippen LogP contribution is -2.35. The number of hydrogen-bond acceptors (Lipinski definition) is 7. The topological polar surface area (TPSA) is 120 Å². The van der Waals surface area contributed by atoms with Gasteiger partial charge < -0.3 is 10.5 Å². The third-order valence-corrected chi connectivity index (χ3v) is 6.34. The van der Waals surface area contributed by atoms with Crippen LogP contribution in [0.4, 0.5) is 14.9 Å². The van der Waals surface area contributed by atoms with Crippen LogP contribution in [-0.4, -0.2) is 53.7 Å². The second-order valence-corrected chi connectivity index (χ2v) is 8.89. The van der Waals surface area contributed by atoms with Crippen molar-refractivity contribution in [2.75, 3.05) is 23.0 Å². The Morgan fingerprint density at radius 1 is 1.36 bits per heavy atom. The predicted molar refractivity (Wildman–Crippen MR) is 98.5 cm³/mol. The number of cyclic esters (lactones) is 1. The van der Waals surface area contributed by atoms with Gasteiger partial charge in [0.1, 0.15) is 12.0 Å². The number of allylic oxidation sites excluding steroid dienone is 1. The van der Waals surface area contributed by atoms with Gasteiger partial charge in [-0.05, 0) is 30.2 Å². The molecule has 148 valence electrons. The molecule has 4 rings (SSSR count). The summed E-state index contributed by atoms with van der Waals surface area (Å²) in [6.45, 7) is 0.138. The lowest BCUT2D eigenvalue weighted by atomic mass is 10.0. The maximum atomic E-state index is 14.7. The average Bonchev–Trinajstić information content (AvgIpc) is 3.31. The molecule has 28 heavy (non-hydrogen) atoms. The quantitative estimate of drug-likeness (QED) is 0.806. The number of anilines is 1. The number of halogens is 1. The SMILES string of the molecule is NC(C1CN(c2ccc(C3=CCS(=O)(=O)CC3)c(F)c2)C(=O)O1)n1ccnn1. The van der Waals surface area contributed by atoms with Gasteiger partial charge in [0.25, 0.3) is 0 Å².